The van der Waals surface area contributed by atoms with Gasteiger partial charge in [0, 0.05) is 0 Å². The summed E-state index contributed by atoms with van der Waals surface area (Å²) in [5.41, 5.74) is 0. The van der Waals surface area contributed by atoms with Crippen LogP contribution in [0.4, 0.5) is 39.5 Å². The molecule has 0 spiro atoms. The van der Waals surface area contributed by atoms with E-state index in [4.69, 9.17) is 0 Å². The van der Waals surface area contributed by atoms with Crippen molar-refractivity contribution in [2.75, 3.05) is 0 Å². The third-order valence-corrected chi connectivity index (χ3v) is 4.25. The summed E-state index contributed by atoms with van der Waals surface area (Å²) >= 11 is -2.59. The molecule has 0 saturated carbocycles. The third kappa shape index (κ3) is 2.90. The molecule has 0 heterocycles. The molecular weight excluding hydrogens is 370 g/mol. The Kier molecular flexibility index (Phi) is 4.41. The van der Waals surface area contributed by atoms with E-state index in [1.54, 1.807) is 0 Å². The van der Waals surface area contributed by atoms with Crippen molar-refractivity contribution in [3.8, 4) is 0 Å². The van der Waals surface area contributed by atoms with Crippen molar-refractivity contribution in [2.24, 2.45) is 0 Å². The molecule has 0 fully saturated rings. The first-order valence-electron chi connectivity index (χ1n) is 4.77. The molecule has 20 heavy (non-hydrogen) atoms. The zero-order valence-electron chi connectivity index (χ0n) is 9.20. The molecule has 0 radical (unpaired) electrons. The average molecular weight is 375 g/mol. The van der Waals surface area contributed by atoms with Gasteiger partial charge in [-0.1, -0.05) is 0 Å². The predicted molar refractivity (Wildman–Crippen MR) is 52.7 cm³/mol. The van der Waals surface area contributed by atoms with Gasteiger partial charge in [-0.2, -0.15) is 0 Å². The van der Waals surface area contributed by atoms with Gasteiger partial charge in [-0.3, -0.25) is 0 Å². The van der Waals surface area contributed by atoms with Gasteiger partial charge in [0.05, 0.1) is 0 Å². The van der Waals surface area contributed by atoms with Gasteiger partial charge in [-0.25, -0.2) is 0 Å². The van der Waals surface area contributed by atoms with E-state index in [0.29, 0.717) is 0 Å². The quantitative estimate of drug-likeness (QED) is 0.559. The second kappa shape index (κ2) is 5.14. The Morgan fingerprint density at radius 1 is 0.650 bits per heavy atom. The van der Waals surface area contributed by atoms with Gasteiger partial charge in [-0.15, -0.1) is 0 Å². The summed E-state index contributed by atoms with van der Waals surface area (Å²) in [6.45, 7) is 0. The van der Waals surface area contributed by atoms with Crippen LogP contribution in [0.1, 0.15) is 0 Å². The molecule has 0 aliphatic carbocycles. The van der Waals surface area contributed by atoms with E-state index in [1.807, 2.05) is 0 Å². The molecule has 1 aromatic rings. The van der Waals surface area contributed by atoms with Crippen LogP contribution in [0, 0.1) is 0 Å². The van der Waals surface area contributed by atoms with Crippen LogP contribution < -0.4 is 4.46 Å². The number of hydrogen-bond acceptors (Lipinski definition) is 0. The van der Waals surface area contributed by atoms with E-state index < -0.39 is 42.3 Å². The molecule has 10 heteroatoms. The molecule has 0 N–H and O–H groups in total. The van der Waals surface area contributed by atoms with Crippen molar-refractivity contribution in [1.29, 1.82) is 0 Å². The topological polar surface area (TPSA) is 0 Å². The summed E-state index contributed by atoms with van der Waals surface area (Å²) in [7, 11) is 0. The van der Waals surface area contributed by atoms with Crippen LogP contribution in [-0.2, 0) is 0 Å². The summed E-state index contributed by atoms with van der Waals surface area (Å²) in [6, 6.07) is 5.58. The Balaban J connectivity index is 3.12. The fraction of sp³-hybridized carbons (Fsp3) is 0.400. The van der Waals surface area contributed by atoms with Crippen molar-refractivity contribution in [3.05, 3.63) is 30.3 Å². The second-order valence-electron chi connectivity index (χ2n) is 3.58. The van der Waals surface area contributed by atoms with E-state index in [2.05, 4.69) is 0 Å². The fourth-order valence-electron chi connectivity index (χ4n) is 1.06. The first kappa shape index (κ1) is 17.2. The summed E-state index contributed by atoms with van der Waals surface area (Å²) < 4.78 is 113. The zero-order chi connectivity index (χ0) is 15.8. The SMILES string of the molecule is FC(F)(F)C(F)(F)C(F)(F)C(F)(F)[Se]c1ccccc1. The predicted octanol–water partition coefficient (Wildman–Crippen LogP) is 3.44. The fourth-order valence-corrected chi connectivity index (χ4v) is 2.84. The van der Waals surface area contributed by atoms with Crippen LogP contribution >= 0.6 is 0 Å². The Morgan fingerprint density at radius 3 is 1.50 bits per heavy atom. The molecule has 0 amide bonds. The third-order valence-electron chi connectivity index (χ3n) is 2.11. The molecule has 0 nitrogen and oxygen atoms in total. The van der Waals surface area contributed by atoms with Gasteiger partial charge in [0.25, 0.3) is 0 Å². The van der Waals surface area contributed by atoms with Crippen molar-refractivity contribution in [2.45, 2.75) is 22.8 Å². The van der Waals surface area contributed by atoms with Crippen LogP contribution in [0.25, 0.3) is 0 Å². The minimum absolute atomic E-state index is 0.428. The number of alkyl halides is 9. The molecular formula is C10H5F9Se. The summed E-state index contributed by atoms with van der Waals surface area (Å²) in [6.07, 6.45) is -6.77. The van der Waals surface area contributed by atoms with Crippen LogP contribution in [-0.4, -0.2) is 37.8 Å². The van der Waals surface area contributed by atoms with Crippen molar-refractivity contribution < 1.29 is 39.5 Å². The number of hydrogen-bond donors (Lipinski definition) is 0. The van der Waals surface area contributed by atoms with E-state index in [-0.39, 0.29) is 0 Å². The first-order chi connectivity index (χ1) is 8.83. The van der Waals surface area contributed by atoms with Crippen LogP contribution in [0.15, 0.2) is 30.3 Å². The van der Waals surface area contributed by atoms with Gasteiger partial charge >= 0.3 is 112 Å². The summed E-state index contributed by atoms with van der Waals surface area (Å²) in [5.74, 6) is -13.4. The standard InChI is InChI=1S/C10H5F9Se/c11-7(12,9(15,16)17)8(13,14)10(18,19)20-6-4-2-1-3-5-6/h1-5H. The summed E-state index contributed by atoms with van der Waals surface area (Å²) in [4.78, 5) is -5.50. The molecule has 0 atom stereocenters. The summed E-state index contributed by atoms with van der Waals surface area (Å²) in [5, 5.41) is 0. The van der Waals surface area contributed by atoms with Crippen LogP contribution in [0.2, 0.25) is 0 Å². The molecule has 0 aliphatic heterocycles. The molecule has 0 saturated heterocycles. The van der Waals surface area contributed by atoms with Crippen LogP contribution in [0.5, 0.6) is 0 Å². The maximum atomic E-state index is 13.2. The zero-order valence-corrected chi connectivity index (χ0v) is 10.9. The molecule has 0 unspecified atom stereocenters. The molecule has 0 aliphatic rings. The van der Waals surface area contributed by atoms with Gasteiger partial charge < -0.3 is 0 Å². The van der Waals surface area contributed by atoms with Crippen LogP contribution in [0.3, 0.4) is 0 Å². The van der Waals surface area contributed by atoms with Gasteiger partial charge in [0.15, 0.2) is 0 Å². The molecule has 1 rings (SSSR count). The molecule has 0 bridgehead atoms. The number of benzene rings is 1. The molecule has 114 valence electrons. The van der Waals surface area contributed by atoms with Gasteiger partial charge in [0.1, 0.15) is 0 Å². The molecule has 0 aromatic heterocycles. The maximum absolute atomic E-state index is 13.2. The molecule has 1 aromatic carbocycles. The van der Waals surface area contributed by atoms with Gasteiger partial charge in [0.2, 0.25) is 0 Å². The first-order valence-corrected chi connectivity index (χ1v) is 6.48. The van der Waals surface area contributed by atoms with E-state index in [1.165, 1.54) is 18.2 Å². The van der Waals surface area contributed by atoms with Gasteiger partial charge in [-0.05, 0) is 0 Å². The van der Waals surface area contributed by atoms with Crippen molar-refractivity contribution >= 4 is 19.4 Å². The second-order valence-corrected chi connectivity index (χ2v) is 6.07. The Bertz CT molecular complexity index is 452. The normalized spacial score (nSPS) is 14.4. The van der Waals surface area contributed by atoms with Crippen molar-refractivity contribution in [1.82, 2.24) is 0 Å². The van der Waals surface area contributed by atoms with E-state index >= 15 is 0 Å². The monoisotopic (exact) mass is 376 g/mol. The average Bonchev–Trinajstić information content (AvgIpc) is 2.27. The van der Waals surface area contributed by atoms with Crippen molar-refractivity contribution in [3.63, 3.8) is 0 Å². The van der Waals surface area contributed by atoms with E-state index in [9.17, 15) is 39.5 Å². The van der Waals surface area contributed by atoms with E-state index in [0.717, 1.165) is 12.1 Å². The Hall–Kier alpha value is -0.891. The Morgan fingerprint density at radius 2 is 1.10 bits per heavy atom. The number of rotatable bonds is 4. The number of halogens is 9. The Labute approximate surface area is 113 Å². The minimum atomic E-state index is -6.82.